The highest BCUT2D eigenvalue weighted by Gasteiger charge is 2.21. The maximum Gasteiger partial charge on any atom is -0.00234 e. The minimum Gasteiger partial charge on any atom is -0.0836 e. The smallest absolute Gasteiger partial charge is 0.00234 e. The van der Waals surface area contributed by atoms with Crippen LogP contribution in [-0.4, -0.2) is 0 Å². The highest BCUT2D eigenvalue weighted by Crippen LogP contribution is 2.46. The molecular weight excluding hydrogens is 432 g/mol. The first-order chi connectivity index (χ1) is 17.9. The maximum absolute atomic E-state index is 2.37. The zero-order chi connectivity index (χ0) is 23.9. The topological polar surface area (TPSA) is 0 Å². The van der Waals surface area contributed by atoms with Crippen LogP contribution in [0.1, 0.15) is 17.5 Å². The van der Waals surface area contributed by atoms with E-state index in [4.69, 9.17) is 0 Å². The molecule has 1 aliphatic carbocycles. The van der Waals surface area contributed by atoms with Gasteiger partial charge in [0.2, 0.25) is 0 Å². The molecule has 0 aliphatic heterocycles. The Balaban J connectivity index is 1.60. The molecule has 7 rings (SSSR count). The second-order valence-corrected chi connectivity index (χ2v) is 9.57. The van der Waals surface area contributed by atoms with Gasteiger partial charge in [-0.15, -0.1) is 0 Å². The fourth-order valence-electron chi connectivity index (χ4n) is 5.99. The molecule has 0 atom stereocenters. The first kappa shape index (κ1) is 20.9. The Hall–Kier alpha value is -4.42. The minimum atomic E-state index is 1.06. The van der Waals surface area contributed by atoms with Gasteiger partial charge in [-0.1, -0.05) is 133 Å². The summed E-state index contributed by atoms with van der Waals surface area (Å²) in [5.41, 5.74) is 10.7. The van der Waals surface area contributed by atoms with Gasteiger partial charge in [0.25, 0.3) is 0 Å². The van der Waals surface area contributed by atoms with Crippen LogP contribution >= 0.6 is 0 Å². The molecule has 0 radical (unpaired) electrons. The molecule has 0 heteroatoms. The molecule has 170 valence electrons. The Bertz CT molecular complexity index is 1700. The van der Waals surface area contributed by atoms with Gasteiger partial charge in [-0.05, 0) is 78.9 Å². The Morgan fingerprint density at radius 1 is 0.417 bits per heavy atom. The van der Waals surface area contributed by atoms with Crippen LogP contribution in [0.3, 0.4) is 0 Å². The van der Waals surface area contributed by atoms with Crippen molar-refractivity contribution in [2.24, 2.45) is 0 Å². The van der Waals surface area contributed by atoms with E-state index in [1.165, 1.54) is 66.1 Å². The highest BCUT2D eigenvalue weighted by atomic mass is 14.2. The van der Waals surface area contributed by atoms with Crippen molar-refractivity contribution >= 4 is 27.6 Å². The molecular formula is C36H26. The van der Waals surface area contributed by atoms with Crippen LogP contribution in [0.25, 0.3) is 61.0 Å². The van der Waals surface area contributed by atoms with E-state index < -0.39 is 0 Å². The zero-order valence-corrected chi connectivity index (χ0v) is 20.1. The SMILES string of the molecule is C1=Cc2c(-c3ccccc3)ccc(-c3c4ccccc4c(-c4ccccc4)c4ccccc34)c2CC1. The minimum absolute atomic E-state index is 1.06. The third kappa shape index (κ3) is 3.30. The molecule has 0 N–H and O–H groups in total. The third-order valence-electron chi connectivity index (χ3n) is 7.55. The normalized spacial score (nSPS) is 12.7. The van der Waals surface area contributed by atoms with Gasteiger partial charge in [-0.25, -0.2) is 0 Å². The lowest BCUT2D eigenvalue weighted by Crippen LogP contribution is -2.01. The summed E-state index contributed by atoms with van der Waals surface area (Å²) in [6, 6.07) is 44.2. The number of hydrogen-bond acceptors (Lipinski definition) is 0. The Morgan fingerprint density at radius 3 is 1.53 bits per heavy atom. The third-order valence-corrected chi connectivity index (χ3v) is 7.55. The second kappa shape index (κ2) is 8.66. The molecule has 0 heterocycles. The van der Waals surface area contributed by atoms with Gasteiger partial charge in [0.1, 0.15) is 0 Å². The summed E-state index contributed by atoms with van der Waals surface area (Å²) in [5, 5.41) is 5.26. The van der Waals surface area contributed by atoms with E-state index in [0.29, 0.717) is 0 Å². The summed E-state index contributed by atoms with van der Waals surface area (Å²) in [4.78, 5) is 0. The van der Waals surface area contributed by atoms with Crippen LogP contribution in [0.4, 0.5) is 0 Å². The molecule has 0 fully saturated rings. The number of fused-ring (bicyclic) bond motifs is 3. The van der Waals surface area contributed by atoms with Crippen molar-refractivity contribution in [1.82, 2.24) is 0 Å². The maximum atomic E-state index is 2.37. The summed E-state index contributed by atoms with van der Waals surface area (Å²) < 4.78 is 0. The lowest BCUT2D eigenvalue weighted by atomic mass is 9.80. The second-order valence-electron chi connectivity index (χ2n) is 9.57. The predicted octanol–water partition coefficient (Wildman–Crippen LogP) is 9.95. The number of benzene rings is 6. The summed E-state index contributed by atoms with van der Waals surface area (Å²) in [5.74, 6) is 0. The van der Waals surface area contributed by atoms with E-state index in [1.54, 1.807) is 0 Å². The van der Waals surface area contributed by atoms with E-state index in [2.05, 4.69) is 133 Å². The lowest BCUT2D eigenvalue weighted by molar-refractivity contribution is 0.989. The van der Waals surface area contributed by atoms with Crippen molar-refractivity contribution in [3.8, 4) is 33.4 Å². The first-order valence-electron chi connectivity index (χ1n) is 12.8. The summed E-state index contributed by atoms with van der Waals surface area (Å²) in [7, 11) is 0. The molecule has 36 heavy (non-hydrogen) atoms. The molecule has 0 saturated carbocycles. The average Bonchev–Trinajstić information content (AvgIpc) is 2.96. The standard InChI is InChI=1S/C36H26/c1-3-13-25(14-4-1)27-23-24-34(29-18-8-7-17-28(27)29)36-32-21-11-9-19-30(32)35(26-15-5-2-6-16-26)31-20-10-12-22-33(31)36/h1-7,9-17,19-24H,8,18H2. The quantitative estimate of drug-likeness (QED) is 0.231. The largest absolute Gasteiger partial charge is 0.0836 e. The van der Waals surface area contributed by atoms with E-state index in [9.17, 15) is 0 Å². The van der Waals surface area contributed by atoms with Crippen LogP contribution in [-0.2, 0) is 6.42 Å². The van der Waals surface area contributed by atoms with Gasteiger partial charge >= 0.3 is 0 Å². The van der Waals surface area contributed by atoms with Gasteiger partial charge in [-0.2, -0.15) is 0 Å². The van der Waals surface area contributed by atoms with E-state index in [-0.39, 0.29) is 0 Å². The Morgan fingerprint density at radius 2 is 0.917 bits per heavy atom. The molecule has 0 bridgehead atoms. The summed E-state index contributed by atoms with van der Waals surface area (Å²) >= 11 is 0. The van der Waals surface area contributed by atoms with Gasteiger partial charge in [0.15, 0.2) is 0 Å². The molecule has 6 aromatic rings. The van der Waals surface area contributed by atoms with Crippen LogP contribution in [0.5, 0.6) is 0 Å². The van der Waals surface area contributed by atoms with Crippen molar-refractivity contribution in [1.29, 1.82) is 0 Å². The van der Waals surface area contributed by atoms with Crippen molar-refractivity contribution in [2.75, 3.05) is 0 Å². The van der Waals surface area contributed by atoms with Gasteiger partial charge in [0.05, 0.1) is 0 Å². The van der Waals surface area contributed by atoms with E-state index in [0.717, 1.165) is 12.8 Å². The highest BCUT2D eigenvalue weighted by molar-refractivity contribution is 6.21. The molecule has 0 unspecified atom stereocenters. The van der Waals surface area contributed by atoms with Gasteiger partial charge < -0.3 is 0 Å². The molecule has 1 aliphatic rings. The summed E-state index contributed by atoms with van der Waals surface area (Å²) in [6.07, 6.45) is 6.81. The zero-order valence-electron chi connectivity index (χ0n) is 20.1. The van der Waals surface area contributed by atoms with Crippen LogP contribution < -0.4 is 0 Å². The van der Waals surface area contributed by atoms with Crippen molar-refractivity contribution in [2.45, 2.75) is 12.8 Å². The first-order valence-corrected chi connectivity index (χ1v) is 12.8. The van der Waals surface area contributed by atoms with Crippen LogP contribution in [0.15, 0.2) is 127 Å². The predicted molar refractivity (Wildman–Crippen MR) is 155 cm³/mol. The monoisotopic (exact) mass is 458 g/mol. The van der Waals surface area contributed by atoms with Crippen molar-refractivity contribution in [3.05, 3.63) is 139 Å². The molecule has 0 saturated heterocycles. The lowest BCUT2D eigenvalue weighted by Gasteiger charge is -2.23. The molecule has 0 spiro atoms. The molecule has 0 aromatic heterocycles. The number of allylic oxidation sites excluding steroid dienone is 1. The van der Waals surface area contributed by atoms with Crippen LogP contribution in [0.2, 0.25) is 0 Å². The van der Waals surface area contributed by atoms with Crippen molar-refractivity contribution < 1.29 is 0 Å². The van der Waals surface area contributed by atoms with Gasteiger partial charge in [-0.3, -0.25) is 0 Å². The van der Waals surface area contributed by atoms with E-state index >= 15 is 0 Å². The fraction of sp³-hybridized carbons (Fsp3) is 0.0556. The van der Waals surface area contributed by atoms with Crippen molar-refractivity contribution in [3.63, 3.8) is 0 Å². The fourth-order valence-corrected chi connectivity index (χ4v) is 5.99. The Labute approximate surface area is 212 Å². The van der Waals surface area contributed by atoms with Gasteiger partial charge in [0, 0.05) is 0 Å². The van der Waals surface area contributed by atoms with Crippen LogP contribution in [0, 0.1) is 0 Å². The number of rotatable bonds is 3. The number of hydrogen-bond donors (Lipinski definition) is 0. The Kier molecular flexibility index (Phi) is 5.03. The molecule has 6 aromatic carbocycles. The summed E-state index contributed by atoms with van der Waals surface area (Å²) in [6.45, 7) is 0. The average molecular weight is 459 g/mol. The molecule has 0 nitrogen and oxygen atoms in total. The van der Waals surface area contributed by atoms with E-state index in [1.807, 2.05) is 0 Å². The molecule has 0 amide bonds.